The summed E-state index contributed by atoms with van der Waals surface area (Å²) in [5, 5.41) is 7.98. The third-order valence-electron chi connectivity index (χ3n) is 3.28. The molecule has 0 aliphatic rings. The maximum Gasteiger partial charge on any atom is 0.311 e. The third-order valence-corrected chi connectivity index (χ3v) is 3.28. The fourth-order valence-corrected chi connectivity index (χ4v) is 2.05. The van der Waals surface area contributed by atoms with Crippen molar-refractivity contribution in [3.63, 3.8) is 0 Å². The summed E-state index contributed by atoms with van der Waals surface area (Å²) in [5.41, 5.74) is 2.03. The highest BCUT2D eigenvalue weighted by atomic mass is 16.5. The molecule has 116 valence electrons. The Kier molecular flexibility index (Phi) is 4.47. The number of aromatic nitrogens is 2. The van der Waals surface area contributed by atoms with Gasteiger partial charge in [-0.25, -0.2) is 0 Å². The van der Waals surface area contributed by atoms with Gasteiger partial charge < -0.3 is 9.15 Å². The number of hydrogen-bond donors (Lipinski definition) is 0. The number of benzene rings is 2. The second-order valence-corrected chi connectivity index (χ2v) is 5.15. The minimum absolute atomic E-state index is 0.185. The molecule has 1 heterocycles. The van der Waals surface area contributed by atoms with Gasteiger partial charge in [-0.1, -0.05) is 35.9 Å². The van der Waals surface area contributed by atoms with E-state index in [-0.39, 0.29) is 12.4 Å². The largest absolute Gasteiger partial charge is 0.427 e. The number of carbonyl (C=O) groups excluding carboxylic acids is 1. The maximum absolute atomic E-state index is 11.8. The van der Waals surface area contributed by atoms with Crippen molar-refractivity contribution in [2.45, 2.75) is 19.8 Å². The molecule has 5 heteroatoms. The lowest BCUT2D eigenvalue weighted by Crippen LogP contribution is -2.09. The van der Waals surface area contributed by atoms with Crippen LogP contribution in [-0.2, 0) is 11.2 Å². The van der Waals surface area contributed by atoms with Gasteiger partial charge in [0.2, 0.25) is 11.8 Å². The number of ether oxygens (including phenoxy) is 1. The Morgan fingerprint density at radius 2 is 1.78 bits per heavy atom. The maximum atomic E-state index is 11.8. The predicted molar refractivity (Wildman–Crippen MR) is 84.9 cm³/mol. The Hall–Kier alpha value is -2.95. The van der Waals surface area contributed by atoms with Crippen molar-refractivity contribution in [1.29, 1.82) is 0 Å². The van der Waals surface area contributed by atoms with E-state index < -0.39 is 0 Å². The average Bonchev–Trinajstić information content (AvgIpc) is 3.04. The van der Waals surface area contributed by atoms with Gasteiger partial charge in [0.05, 0.1) is 6.42 Å². The van der Waals surface area contributed by atoms with Crippen LogP contribution in [-0.4, -0.2) is 16.2 Å². The molecular formula is C18H16N2O3. The lowest BCUT2D eigenvalue weighted by Gasteiger charge is -2.02. The van der Waals surface area contributed by atoms with Crippen LogP contribution < -0.4 is 4.74 Å². The first-order chi connectivity index (χ1) is 11.2. The smallest absolute Gasteiger partial charge is 0.311 e. The summed E-state index contributed by atoms with van der Waals surface area (Å²) in [6, 6.07) is 16.8. The summed E-state index contributed by atoms with van der Waals surface area (Å²) in [5.74, 6) is 1.08. The summed E-state index contributed by atoms with van der Waals surface area (Å²) >= 11 is 0. The van der Waals surface area contributed by atoms with Crippen LogP contribution in [0.25, 0.3) is 11.5 Å². The molecule has 0 aliphatic carbocycles. The SMILES string of the molecule is Cc1ccc(-c2nnc(CCC(=O)Oc3ccccc3)o2)cc1. The lowest BCUT2D eigenvalue weighted by molar-refractivity contribution is -0.134. The van der Waals surface area contributed by atoms with Gasteiger partial charge >= 0.3 is 5.97 Å². The van der Waals surface area contributed by atoms with Gasteiger partial charge in [0, 0.05) is 12.0 Å². The number of aryl methyl sites for hydroxylation is 2. The quantitative estimate of drug-likeness (QED) is 0.532. The Labute approximate surface area is 133 Å². The summed E-state index contributed by atoms with van der Waals surface area (Å²) in [4.78, 5) is 11.8. The molecular weight excluding hydrogens is 292 g/mol. The zero-order valence-corrected chi connectivity index (χ0v) is 12.7. The molecule has 0 saturated heterocycles. The minimum Gasteiger partial charge on any atom is -0.427 e. The molecule has 0 bridgehead atoms. The highest BCUT2D eigenvalue weighted by Gasteiger charge is 2.11. The molecule has 23 heavy (non-hydrogen) atoms. The van der Waals surface area contributed by atoms with Crippen LogP contribution in [0.5, 0.6) is 5.75 Å². The van der Waals surface area contributed by atoms with Crippen LogP contribution in [0.2, 0.25) is 0 Å². The number of rotatable bonds is 5. The van der Waals surface area contributed by atoms with E-state index in [2.05, 4.69) is 10.2 Å². The van der Waals surface area contributed by atoms with Gasteiger partial charge in [-0.05, 0) is 31.2 Å². The van der Waals surface area contributed by atoms with Crippen molar-refractivity contribution in [2.75, 3.05) is 0 Å². The molecule has 0 N–H and O–H groups in total. The van der Waals surface area contributed by atoms with E-state index in [0.29, 0.717) is 24.0 Å². The van der Waals surface area contributed by atoms with Crippen molar-refractivity contribution in [1.82, 2.24) is 10.2 Å². The van der Waals surface area contributed by atoms with Gasteiger partial charge in [-0.2, -0.15) is 0 Å². The summed E-state index contributed by atoms with van der Waals surface area (Å²) in [6.07, 6.45) is 0.537. The fraction of sp³-hybridized carbons (Fsp3) is 0.167. The van der Waals surface area contributed by atoms with Crippen molar-refractivity contribution in [2.24, 2.45) is 0 Å². The zero-order chi connectivity index (χ0) is 16.1. The number of nitrogens with zero attached hydrogens (tertiary/aromatic N) is 2. The number of esters is 1. The normalized spacial score (nSPS) is 10.5. The van der Waals surface area contributed by atoms with Gasteiger partial charge in [0.25, 0.3) is 0 Å². The molecule has 0 radical (unpaired) electrons. The molecule has 3 aromatic rings. The summed E-state index contributed by atoms with van der Waals surface area (Å²) < 4.78 is 10.8. The second kappa shape index (κ2) is 6.87. The van der Waals surface area contributed by atoms with Crippen LogP contribution in [0.4, 0.5) is 0 Å². The lowest BCUT2D eigenvalue weighted by atomic mass is 10.1. The Balaban J connectivity index is 1.57. The van der Waals surface area contributed by atoms with Crippen molar-refractivity contribution >= 4 is 5.97 Å². The highest BCUT2D eigenvalue weighted by molar-refractivity contribution is 5.72. The van der Waals surface area contributed by atoms with Crippen LogP contribution in [0, 0.1) is 6.92 Å². The van der Waals surface area contributed by atoms with E-state index in [4.69, 9.17) is 9.15 Å². The van der Waals surface area contributed by atoms with Crippen molar-refractivity contribution in [3.05, 3.63) is 66.1 Å². The molecule has 2 aromatic carbocycles. The van der Waals surface area contributed by atoms with Gasteiger partial charge in [-0.3, -0.25) is 4.79 Å². The Morgan fingerprint density at radius 1 is 1.04 bits per heavy atom. The van der Waals surface area contributed by atoms with Gasteiger partial charge in [0.15, 0.2) is 0 Å². The molecule has 1 aromatic heterocycles. The Bertz CT molecular complexity index is 780. The molecule has 0 atom stereocenters. The third kappa shape index (κ3) is 4.03. The molecule has 0 saturated carbocycles. The molecule has 5 nitrogen and oxygen atoms in total. The second-order valence-electron chi connectivity index (χ2n) is 5.15. The zero-order valence-electron chi connectivity index (χ0n) is 12.7. The van der Waals surface area contributed by atoms with Crippen LogP contribution in [0.15, 0.2) is 59.0 Å². The first-order valence-corrected chi connectivity index (χ1v) is 7.36. The summed E-state index contributed by atoms with van der Waals surface area (Å²) in [6.45, 7) is 2.02. The van der Waals surface area contributed by atoms with Crippen LogP contribution in [0.3, 0.4) is 0 Å². The molecule has 0 spiro atoms. The average molecular weight is 308 g/mol. The van der Waals surface area contributed by atoms with Crippen molar-refractivity contribution in [3.8, 4) is 17.2 Å². The number of carbonyl (C=O) groups is 1. The van der Waals surface area contributed by atoms with E-state index >= 15 is 0 Å². The molecule has 0 fully saturated rings. The topological polar surface area (TPSA) is 65.2 Å². The van der Waals surface area contributed by atoms with Gasteiger partial charge in [0.1, 0.15) is 5.75 Å². The molecule has 3 rings (SSSR count). The summed E-state index contributed by atoms with van der Waals surface area (Å²) in [7, 11) is 0. The monoisotopic (exact) mass is 308 g/mol. The van der Waals surface area contributed by atoms with E-state index in [9.17, 15) is 4.79 Å². The minimum atomic E-state index is -0.328. The first-order valence-electron chi connectivity index (χ1n) is 7.36. The van der Waals surface area contributed by atoms with Crippen molar-refractivity contribution < 1.29 is 13.9 Å². The molecule has 0 amide bonds. The van der Waals surface area contributed by atoms with E-state index in [1.807, 2.05) is 49.4 Å². The molecule has 0 unspecified atom stereocenters. The van der Waals surface area contributed by atoms with E-state index in [1.54, 1.807) is 12.1 Å². The highest BCUT2D eigenvalue weighted by Crippen LogP contribution is 2.19. The van der Waals surface area contributed by atoms with E-state index in [1.165, 1.54) is 0 Å². The fourth-order valence-electron chi connectivity index (χ4n) is 2.05. The number of hydrogen-bond acceptors (Lipinski definition) is 5. The van der Waals surface area contributed by atoms with Gasteiger partial charge in [-0.15, -0.1) is 10.2 Å². The van der Waals surface area contributed by atoms with Crippen LogP contribution >= 0.6 is 0 Å². The van der Waals surface area contributed by atoms with Crippen LogP contribution in [0.1, 0.15) is 17.9 Å². The number of para-hydroxylation sites is 1. The standard InChI is InChI=1S/C18H16N2O3/c1-13-7-9-14(10-8-13)18-20-19-16(23-18)11-12-17(21)22-15-5-3-2-4-6-15/h2-10H,11-12H2,1H3. The molecule has 0 aliphatic heterocycles. The first kappa shape index (κ1) is 15.0. The Morgan fingerprint density at radius 3 is 2.52 bits per heavy atom. The predicted octanol–water partition coefficient (Wildman–Crippen LogP) is 3.58. The van der Waals surface area contributed by atoms with E-state index in [0.717, 1.165) is 11.1 Å².